The predicted octanol–water partition coefficient (Wildman–Crippen LogP) is 2.80. The summed E-state index contributed by atoms with van der Waals surface area (Å²) >= 11 is 4.31. The van der Waals surface area contributed by atoms with Crippen LogP contribution in [-0.4, -0.2) is 8.76 Å². The van der Waals surface area contributed by atoms with Gasteiger partial charge in [0.2, 0.25) is 0 Å². The maximum absolute atomic E-state index is 11.0. The molecule has 5 heteroatoms. The molecular formula is C12H12O3S2. The molecule has 90 valence electrons. The Bertz CT molecular complexity index is 648. The summed E-state index contributed by atoms with van der Waals surface area (Å²) in [7, 11) is -3.57. The second-order valence-electron chi connectivity index (χ2n) is 3.77. The van der Waals surface area contributed by atoms with E-state index in [1.165, 1.54) is 0 Å². The predicted molar refractivity (Wildman–Crippen MR) is 71.6 cm³/mol. The van der Waals surface area contributed by atoms with Crippen LogP contribution in [0.2, 0.25) is 0 Å². The zero-order chi connectivity index (χ0) is 12.5. The topological polar surface area (TPSA) is 46.5 Å². The van der Waals surface area contributed by atoms with E-state index in [2.05, 4.69) is 11.2 Å². The van der Waals surface area contributed by atoms with Gasteiger partial charge in [-0.05, 0) is 28.8 Å². The van der Waals surface area contributed by atoms with E-state index < -0.39 is 9.05 Å². The molecule has 0 bridgehead atoms. The van der Waals surface area contributed by atoms with Gasteiger partial charge < -0.3 is 0 Å². The number of hydrogen-bond donors (Lipinski definition) is 1. The lowest BCUT2D eigenvalue weighted by molar-refractivity contribution is 0.295. The Morgan fingerprint density at radius 1 is 1.29 bits per heavy atom. The third-order valence-corrected chi connectivity index (χ3v) is 3.33. The van der Waals surface area contributed by atoms with Crippen molar-refractivity contribution in [1.82, 2.24) is 0 Å². The van der Waals surface area contributed by atoms with Crippen LogP contribution >= 0.6 is 0 Å². The lowest BCUT2D eigenvalue weighted by Crippen LogP contribution is -2.03. The van der Waals surface area contributed by atoms with Gasteiger partial charge >= 0.3 is 0 Å². The molecule has 2 aromatic carbocycles. The van der Waals surface area contributed by atoms with E-state index in [1.54, 1.807) is 0 Å². The van der Waals surface area contributed by atoms with E-state index in [9.17, 15) is 4.21 Å². The molecule has 0 radical (unpaired) electrons. The van der Waals surface area contributed by atoms with Crippen LogP contribution in [0.4, 0.5) is 0 Å². The Morgan fingerprint density at radius 2 is 2.00 bits per heavy atom. The van der Waals surface area contributed by atoms with Gasteiger partial charge in [-0.3, -0.25) is 8.74 Å². The quantitative estimate of drug-likeness (QED) is 0.930. The van der Waals surface area contributed by atoms with Crippen LogP contribution in [0.5, 0.6) is 0 Å². The Kier molecular flexibility index (Phi) is 3.44. The van der Waals surface area contributed by atoms with Gasteiger partial charge in [-0.1, -0.05) is 36.4 Å². The largest absolute Gasteiger partial charge is 0.285 e. The normalized spacial score (nSPS) is 14.7. The molecule has 3 nitrogen and oxygen atoms in total. The number of hydrogen-bond acceptors (Lipinski definition) is 3. The fraction of sp³-hybridized carbons (Fsp3) is 0.167. The van der Waals surface area contributed by atoms with Crippen molar-refractivity contribution in [2.75, 3.05) is 0 Å². The van der Waals surface area contributed by atoms with Crippen molar-refractivity contribution in [2.45, 2.75) is 13.5 Å². The van der Waals surface area contributed by atoms with Crippen LogP contribution in [0.25, 0.3) is 10.8 Å². The SMILES string of the molecule is Cc1ccc2ccccc2c1COS(=O)(O)=S. The molecule has 0 amide bonds. The maximum Gasteiger partial charge on any atom is 0.266 e. The van der Waals surface area contributed by atoms with E-state index in [-0.39, 0.29) is 6.61 Å². The summed E-state index contributed by atoms with van der Waals surface area (Å²) in [6.45, 7) is 1.99. The molecule has 0 fully saturated rings. The van der Waals surface area contributed by atoms with Crippen molar-refractivity contribution in [3.05, 3.63) is 47.5 Å². The van der Waals surface area contributed by atoms with Crippen molar-refractivity contribution in [2.24, 2.45) is 0 Å². The molecule has 0 aliphatic carbocycles. The average molecular weight is 268 g/mol. The summed E-state index contributed by atoms with van der Waals surface area (Å²) in [6.07, 6.45) is 0. The van der Waals surface area contributed by atoms with Gasteiger partial charge in [0.15, 0.2) is 0 Å². The van der Waals surface area contributed by atoms with Gasteiger partial charge in [-0.2, -0.15) is 4.21 Å². The first kappa shape index (κ1) is 12.4. The van der Waals surface area contributed by atoms with E-state index in [0.29, 0.717) is 0 Å². The highest BCUT2D eigenvalue weighted by Gasteiger charge is 2.07. The molecule has 0 spiro atoms. The molecule has 0 heterocycles. The summed E-state index contributed by atoms with van der Waals surface area (Å²) in [5.74, 6) is 0. The highest BCUT2D eigenvalue weighted by Crippen LogP contribution is 2.23. The molecule has 0 aliphatic rings. The van der Waals surface area contributed by atoms with E-state index in [4.69, 9.17) is 8.74 Å². The summed E-state index contributed by atoms with van der Waals surface area (Å²) in [6, 6.07) is 11.8. The fourth-order valence-corrected chi connectivity index (χ4v) is 2.18. The molecular weight excluding hydrogens is 256 g/mol. The molecule has 0 saturated carbocycles. The average Bonchev–Trinajstić information content (AvgIpc) is 2.26. The molecule has 0 aliphatic heterocycles. The van der Waals surface area contributed by atoms with E-state index in [1.807, 2.05) is 43.3 Å². The lowest BCUT2D eigenvalue weighted by atomic mass is 10.0. The van der Waals surface area contributed by atoms with Crippen molar-refractivity contribution >= 4 is 31.0 Å². The van der Waals surface area contributed by atoms with Crippen LogP contribution < -0.4 is 0 Å². The molecule has 0 saturated heterocycles. The molecule has 1 unspecified atom stereocenters. The van der Waals surface area contributed by atoms with Crippen LogP contribution in [0.1, 0.15) is 11.1 Å². The van der Waals surface area contributed by atoms with Crippen LogP contribution in [0.3, 0.4) is 0 Å². The molecule has 2 aromatic rings. The third kappa shape index (κ3) is 3.01. The zero-order valence-electron chi connectivity index (χ0n) is 9.25. The van der Waals surface area contributed by atoms with Crippen molar-refractivity contribution in [1.29, 1.82) is 0 Å². The van der Waals surface area contributed by atoms with Gasteiger partial charge in [-0.15, -0.1) is 0 Å². The van der Waals surface area contributed by atoms with Crippen molar-refractivity contribution in [3.8, 4) is 0 Å². The first-order valence-electron chi connectivity index (χ1n) is 5.06. The highest BCUT2D eigenvalue weighted by atomic mass is 32.9. The van der Waals surface area contributed by atoms with Crippen LogP contribution in [0, 0.1) is 6.92 Å². The number of rotatable bonds is 3. The summed E-state index contributed by atoms with van der Waals surface area (Å²) in [5, 5.41) is 2.09. The van der Waals surface area contributed by atoms with Gasteiger partial charge in [0.05, 0.1) is 6.61 Å². The monoisotopic (exact) mass is 268 g/mol. The minimum Gasteiger partial charge on any atom is -0.285 e. The highest BCUT2D eigenvalue weighted by molar-refractivity contribution is 8.27. The number of benzene rings is 2. The Labute approximate surface area is 105 Å². The Hall–Kier alpha value is -1.01. The van der Waals surface area contributed by atoms with Gasteiger partial charge in [0.1, 0.15) is 0 Å². The Balaban J connectivity index is 2.48. The van der Waals surface area contributed by atoms with Gasteiger partial charge in [-0.25, -0.2) is 0 Å². The molecule has 0 aromatic heterocycles. The van der Waals surface area contributed by atoms with Crippen molar-refractivity contribution < 1.29 is 12.9 Å². The van der Waals surface area contributed by atoms with Gasteiger partial charge in [0, 0.05) is 11.2 Å². The maximum atomic E-state index is 11.0. The summed E-state index contributed by atoms with van der Waals surface area (Å²) in [5.41, 5.74) is 1.91. The minimum atomic E-state index is -3.57. The lowest BCUT2D eigenvalue weighted by Gasteiger charge is -2.10. The van der Waals surface area contributed by atoms with Crippen LogP contribution in [0.15, 0.2) is 36.4 Å². The number of fused-ring (bicyclic) bond motifs is 1. The number of aryl methyl sites for hydroxylation is 1. The van der Waals surface area contributed by atoms with E-state index in [0.717, 1.165) is 21.9 Å². The second kappa shape index (κ2) is 4.70. The smallest absolute Gasteiger partial charge is 0.266 e. The van der Waals surface area contributed by atoms with Gasteiger partial charge in [0.25, 0.3) is 9.05 Å². The molecule has 1 N–H and O–H groups in total. The summed E-state index contributed by atoms with van der Waals surface area (Å²) in [4.78, 5) is 0. The standard InChI is InChI=1S/C12H12O3S2/c1-9-6-7-10-4-2-3-5-11(10)12(9)8-15-17(13,14)16/h2-7H,8H2,1H3,(H,13,14,16). The fourth-order valence-electron chi connectivity index (χ4n) is 1.77. The minimum absolute atomic E-state index is 0.0476. The second-order valence-corrected chi connectivity index (χ2v) is 6.13. The zero-order valence-corrected chi connectivity index (χ0v) is 10.9. The molecule has 2 rings (SSSR count). The molecule has 17 heavy (non-hydrogen) atoms. The molecule has 1 atom stereocenters. The Morgan fingerprint density at radius 3 is 2.71 bits per heavy atom. The first-order valence-corrected chi connectivity index (χ1v) is 7.43. The van der Waals surface area contributed by atoms with Crippen LogP contribution in [-0.2, 0) is 31.0 Å². The first-order chi connectivity index (χ1) is 7.97. The van der Waals surface area contributed by atoms with E-state index >= 15 is 0 Å². The summed E-state index contributed by atoms with van der Waals surface area (Å²) < 4.78 is 24.7. The third-order valence-electron chi connectivity index (χ3n) is 2.63. The van der Waals surface area contributed by atoms with Crippen molar-refractivity contribution in [3.63, 3.8) is 0 Å².